The van der Waals surface area contributed by atoms with E-state index in [0.29, 0.717) is 29.9 Å². The molecule has 6 heteroatoms. The van der Waals surface area contributed by atoms with Crippen LogP contribution in [0.3, 0.4) is 0 Å². The van der Waals surface area contributed by atoms with E-state index < -0.39 is 21.3 Å². The van der Waals surface area contributed by atoms with Crippen molar-refractivity contribution in [3.63, 3.8) is 0 Å². The Labute approximate surface area is 182 Å². The summed E-state index contributed by atoms with van der Waals surface area (Å²) in [6.45, 7) is 0. The number of amides is 1. The van der Waals surface area contributed by atoms with Crippen LogP contribution in [0, 0.1) is 0 Å². The summed E-state index contributed by atoms with van der Waals surface area (Å²) >= 11 is 0. The minimum atomic E-state index is -4.02. The molecule has 0 aromatic heterocycles. The van der Waals surface area contributed by atoms with Crippen molar-refractivity contribution in [2.75, 3.05) is 7.11 Å². The molecule has 31 heavy (non-hydrogen) atoms. The monoisotopic (exact) mass is 435 g/mol. The predicted molar refractivity (Wildman–Crippen MR) is 120 cm³/mol. The number of benzene rings is 3. The molecule has 160 valence electrons. The molecule has 3 aromatic carbocycles. The van der Waals surface area contributed by atoms with Gasteiger partial charge in [-0.1, -0.05) is 55.0 Å². The van der Waals surface area contributed by atoms with Gasteiger partial charge in [0.25, 0.3) is 10.0 Å². The van der Waals surface area contributed by atoms with Crippen LogP contribution in [-0.2, 0) is 20.2 Å². The van der Waals surface area contributed by atoms with E-state index in [4.69, 9.17) is 4.74 Å². The topological polar surface area (TPSA) is 72.5 Å². The molecule has 0 atom stereocenters. The molecular formula is C25H25NO4S. The first kappa shape index (κ1) is 20.1. The fourth-order valence-corrected chi connectivity index (χ4v) is 5.83. The van der Waals surface area contributed by atoms with Crippen LogP contribution in [0.5, 0.6) is 5.75 Å². The van der Waals surface area contributed by atoms with E-state index in [1.807, 2.05) is 24.3 Å². The number of sulfonamides is 1. The standard InChI is InChI=1S/C25H25NO4S/c1-30-22-13-12-19(17-7-4-8-17)16-21(22)25(14-15-25)24(27)26-31(28,29)23-11-5-9-18-6-2-3-10-20(18)23/h2-3,5-6,9-13,16-17H,4,7-8,14-15H2,1H3,(H,26,27). The highest BCUT2D eigenvalue weighted by Crippen LogP contribution is 2.53. The molecule has 2 aliphatic carbocycles. The Morgan fingerprint density at radius 3 is 2.45 bits per heavy atom. The molecule has 0 unspecified atom stereocenters. The van der Waals surface area contributed by atoms with Gasteiger partial charge in [-0.3, -0.25) is 4.79 Å². The lowest BCUT2D eigenvalue weighted by atomic mass is 9.78. The quantitative estimate of drug-likeness (QED) is 0.612. The SMILES string of the molecule is COc1ccc(C2CCC2)cc1C1(C(=O)NS(=O)(=O)c2cccc3ccccc23)CC1. The average molecular weight is 436 g/mol. The average Bonchev–Trinajstić information content (AvgIpc) is 3.54. The van der Waals surface area contributed by atoms with Gasteiger partial charge in [0, 0.05) is 10.9 Å². The van der Waals surface area contributed by atoms with E-state index in [9.17, 15) is 13.2 Å². The molecule has 5 rings (SSSR count). The Morgan fingerprint density at radius 1 is 1.03 bits per heavy atom. The molecule has 2 aliphatic rings. The lowest BCUT2D eigenvalue weighted by Gasteiger charge is -2.28. The number of nitrogens with one attached hydrogen (secondary N) is 1. The highest BCUT2D eigenvalue weighted by Gasteiger charge is 2.54. The number of methoxy groups -OCH3 is 1. The van der Waals surface area contributed by atoms with Crippen molar-refractivity contribution >= 4 is 26.7 Å². The molecule has 1 amide bonds. The maximum Gasteiger partial charge on any atom is 0.264 e. The Kier molecular flexibility index (Phi) is 4.77. The summed E-state index contributed by atoms with van der Waals surface area (Å²) in [6.07, 6.45) is 4.74. The normalized spacial score (nSPS) is 17.7. The van der Waals surface area contributed by atoms with Crippen LogP contribution in [0.15, 0.2) is 65.6 Å². The highest BCUT2D eigenvalue weighted by molar-refractivity contribution is 7.90. The summed E-state index contributed by atoms with van der Waals surface area (Å²) in [5.41, 5.74) is 1.14. The Bertz CT molecular complexity index is 1270. The van der Waals surface area contributed by atoms with E-state index in [1.54, 1.807) is 25.3 Å². The molecule has 5 nitrogen and oxygen atoms in total. The van der Waals surface area contributed by atoms with Crippen LogP contribution in [0.2, 0.25) is 0 Å². The molecule has 0 aliphatic heterocycles. The molecule has 2 fully saturated rings. The smallest absolute Gasteiger partial charge is 0.264 e. The predicted octanol–water partition coefficient (Wildman–Crippen LogP) is 4.65. The number of rotatable bonds is 6. The van der Waals surface area contributed by atoms with Crippen LogP contribution in [-0.4, -0.2) is 21.4 Å². The molecule has 2 saturated carbocycles. The first-order valence-corrected chi connectivity index (χ1v) is 12.2. The Hall–Kier alpha value is -2.86. The van der Waals surface area contributed by atoms with Crippen LogP contribution in [0.25, 0.3) is 10.8 Å². The van der Waals surface area contributed by atoms with Crippen molar-refractivity contribution in [2.45, 2.75) is 48.3 Å². The van der Waals surface area contributed by atoms with Gasteiger partial charge < -0.3 is 4.74 Å². The van der Waals surface area contributed by atoms with Gasteiger partial charge in [-0.2, -0.15) is 0 Å². The number of carbonyl (C=O) groups is 1. The molecule has 3 aromatic rings. The third-order valence-corrected chi connectivity index (χ3v) is 8.16. The van der Waals surface area contributed by atoms with Crippen LogP contribution >= 0.6 is 0 Å². The van der Waals surface area contributed by atoms with Crippen LogP contribution < -0.4 is 9.46 Å². The second-order valence-electron chi connectivity index (χ2n) is 8.58. The molecule has 1 N–H and O–H groups in total. The number of carbonyl (C=O) groups excluding carboxylic acids is 1. The van der Waals surface area contributed by atoms with Gasteiger partial charge in [-0.25, -0.2) is 13.1 Å². The maximum absolute atomic E-state index is 13.3. The van der Waals surface area contributed by atoms with Crippen molar-refractivity contribution in [2.24, 2.45) is 0 Å². The minimum absolute atomic E-state index is 0.116. The fourth-order valence-electron chi connectivity index (χ4n) is 4.54. The van der Waals surface area contributed by atoms with E-state index in [-0.39, 0.29) is 4.90 Å². The molecule has 0 saturated heterocycles. The minimum Gasteiger partial charge on any atom is -0.496 e. The summed E-state index contributed by atoms with van der Waals surface area (Å²) in [5.74, 6) is 0.672. The van der Waals surface area contributed by atoms with Crippen molar-refractivity contribution < 1.29 is 17.9 Å². The summed E-state index contributed by atoms with van der Waals surface area (Å²) in [6, 6.07) is 18.4. The molecule has 0 radical (unpaired) electrons. The lowest BCUT2D eigenvalue weighted by molar-refractivity contribution is -0.121. The van der Waals surface area contributed by atoms with Crippen LogP contribution in [0.4, 0.5) is 0 Å². The highest BCUT2D eigenvalue weighted by atomic mass is 32.2. The molecular weight excluding hydrogens is 410 g/mol. The lowest BCUT2D eigenvalue weighted by Crippen LogP contribution is -2.39. The van der Waals surface area contributed by atoms with Gasteiger partial charge in [-0.15, -0.1) is 0 Å². The second-order valence-corrected chi connectivity index (χ2v) is 10.2. The van der Waals surface area contributed by atoms with Gasteiger partial charge in [-0.05, 0) is 54.7 Å². The van der Waals surface area contributed by atoms with E-state index in [0.717, 1.165) is 23.8 Å². The van der Waals surface area contributed by atoms with E-state index in [2.05, 4.69) is 16.9 Å². The third kappa shape index (κ3) is 3.39. The van der Waals surface area contributed by atoms with Gasteiger partial charge >= 0.3 is 0 Å². The van der Waals surface area contributed by atoms with Crippen molar-refractivity contribution in [3.8, 4) is 5.75 Å². The molecule has 0 heterocycles. The van der Waals surface area contributed by atoms with Crippen molar-refractivity contribution in [3.05, 3.63) is 71.8 Å². The third-order valence-electron chi connectivity index (χ3n) is 6.77. The first-order chi connectivity index (χ1) is 14.9. The Balaban J connectivity index is 1.49. The summed E-state index contributed by atoms with van der Waals surface area (Å²) in [5, 5.41) is 1.41. The number of fused-ring (bicyclic) bond motifs is 1. The van der Waals surface area contributed by atoms with Gasteiger partial charge in [0.05, 0.1) is 17.4 Å². The van der Waals surface area contributed by atoms with Gasteiger partial charge in [0.2, 0.25) is 5.91 Å². The fraction of sp³-hybridized carbons (Fsp3) is 0.320. The number of ether oxygens (including phenoxy) is 1. The first-order valence-electron chi connectivity index (χ1n) is 10.7. The molecule has 0 bridgehead atoms. The number of hydrogen-bond acceptors (Lipinski definition) is 4. The zero-order chi connectivity index (χ0) is 21.6. The van der Waals surface area contributed by atoms with E-state index >= 15 is 0 Å². The number of hydrogen-bond donors (Lipinski definition) is 1. The largest absolute Gasteiger partial charge is 0.496 e. The van der Waals surface area contributed by atoms with Crippen molar-refractivity contribution in [1.29, 1.82) is 0 Å². The Morgan fingerprint density at radius 2 is 1.77 bits per heavy atom. The van der Waals surface area contributed by atoms with Crippen LogP contribution in [0.1, 0.15) is 49.1 Å². The van der Waals surface area contributed by atoms with Gasteiger partial charge in [0.1, 0.15) is 5.75 Å². The summed E-state index contributed by atoms with van der Waals surface area (Å²) < 4.78 is 34.3. The maximum atomic E-state index is 13.3. The van der Waals surface area contributed by atoms with E-state index in [1.165, 1.54) is 18.1 Å². The second kappa shape index (κ2) is 7.38. The zero-order valence-electron chi connectivity index (χ0n) is 17.4. The zero-order valence-corrected chi connectivity index (χ0v) is 18.2. The molecule has 0 spiro atoms. The van der Waals surface area contributed by atoms with Gasteiger partial charge in [0.15, 0.2) is 0 Å². The summed E-state index contributed by atoms with van der Waals surface area (Å²) in [4.78, 5) is 13.5. The van der Waals surface area contributed by atoms with Crippen molar-refractivity contribution in [1.82, 2.24) is 4.72 Å². The summed E-state index contributed by atoms with van der Waals surface area (Å²) in [7, 11) is -2.43.